The normalized spacial score (nSPS) is 11.0. The third-order valence-electron chi connectivity index (χ3n) is 3.20. The van der Waals surface area contributed by atoms with Gasteiger partial charge in [-0.25, -0.2) is 4.98 Å². The number of alkyl halides is 1. The molecule has 0 fully saturated rings. The van der Waals surface area contributed by atoms with E-state index in [2.05, 4.69) is 20.9 Å². The van der Waals surface area contributed by atoms with Gasteiger partial charge in [-0.1, -0.05) is 27.5 Å². The Morgan fingerprint density at radius 3 is 2.76 bits per heavy atom. The van der Waals surface area contributed by atoms with Crippen molar-refractivity contribution in [1.82, 2.24) is 9.55 Å². The van der Waals surface area contributed by atoms with E-state index >= 15 is 0 Å². The number of rotatable bonds is 3. The van der Waals surface area contributed by atoms with Gasteiger partial charge in [0, 0.05) is 10.5 Å². The zero-order valence-corrected chi connectivity index (χ0v) is 14.2. The highest BCUT2D eigenvalue weighted by atomic mass is 79.9. The molecule has 3 aromatic rings. The Kier molecular flexibility index (Phi) is 4.11. The molecule has 21 heavy (non-hydrogen) atoms. The predicted molar refractivity (Wildman–Crippen MR) is 89.9 cm³/mol. The second-order valence-electron chi connectivity index (χ2n) is 4.45. The molecule has 108 valence electrons. The van der Waals surface area contributed by atoms with Crippen molar-refractivity contribution in [2.45, 2.75) is 5.88 Å². The zero-order valence-electron chi connectivity index (χ0n) is 11.1. The van der Waals surface area contributed by atoms with Crippen LogP contribution in [0.4, 0.5) is 0 Å². The highest BCUT2D eigenvalue weighted by Gasteiger charge is 2.15. The lowest BCUT2D eigenvalue weighted by Gasteiger charge is -2.10. The van der Waals surface area contributed by atoms with Gasteiger partial charge in [-0.15, -0.1) is 11.6 Å². The number of imidazole rings is 1. The van der Waals surface area contributed by atoms with Crippen molar-refractivity contribution in [3.05, 3.63) is 51.7 Å². The van der Waals surface area contributed by atoms with Gasteiger partial charge < -0.3 is 4.74 Å². The lowest BCUT2D eigenvalue weighted by atomic mass is 10.2. The second kappa shape index (κ2) is 5.87. The van der Waals surface area contributed by atoms with E-state index in [0.29, 0.717) is 10.9 Å². The summed E-state index contributed by atoms with van der Waals surface area (Å²) in [6, 6.07) is 11.4. The van der Waals surface area contributed by atoms with Gasteiger partial charge >= 0.3 is 0 Å². The molecule has 0 N–H and O–H groups in total. The van der Waals surface area contributed by atoms with E-state index in [1.165, 1.54) is 0 Å². The summed E-state index contributed by atoms with van der Waals surface area (Å²) in [7, 11) is 1.63. The minimum atomic E-state index is 0.292. The molecule has 0 unspecified atom stereocenters. The summed E-state index contributed by atoms with van der Waals surface area (Å²) < 4.78 is 8.15. The lowest BCUT2D eigenvalue weighted by Crippen LogP contribution is -2.00. The first-order chi connectivity index (χ1) is 10.1. The van der Waals surface area contributed by atoms with E-state index in [9.17, 15) is 0 Å². The van der Waals surface area contributed by atoms with Gasteiger partial charge in [0.15, 0.2) is 0 Å². The summed E-state index contributed by atoms with van der Waals surface area (Å²) in [5.74, 6) is 1.79. The van der Waals surface area contributed by atoms with Crippen LogP contribution in [0.1, 0.15) is 5.82 Å². The number of methoxy groups -OCH3 is 1. The molecule has 6 heteroatoms. The topological polar surface area (TPSA) is 27.1 Å². The summed E-state index contributed by atoms with van der Waals surface area (Å²) in [4.78, 5) is 4.56. The molecule has 0 aliphatic heterocycles. The molecule has 1 heterocycles. The van der Waals surface area contributed by atoms with Crippen LogP contribution >= 0.6 is 39.1 Å². The van der Waals surface area contributed by atoms with Crippen molar-refractivity contribution in [2.24, 2.45) is 0 Å². The molecule has 2 aromatic carbocycles. The molecule has 0 atom stereocenters. The van der Waals surface area contributed by atoms with Crippen LogP contribution in [0.5, 0.6) is 5.75 Å². The number of halogens is 3. The lowest BCUT2D eigenvalue weighted by molar-refractivity contribution is 0.415. The summed E-state index contributed by atoms with van der Waals surface area (Å²) in [5.41, 5.74) is 2.60. The van der Waals surface area contributed by atoms with Gasteiger partial charge in [0.1, 0.15) is 11.6 Å². The van der Waals surface area contributed by atoms with Crippen LogP contribution in [-0.4, -0.2) is 16.7 Å². The maximum absolute atomic E-state index is 6.34. The number of aromatic nitrogens is 2. The van der Waals surface area contributed by atoms with Crippen molar-refractivity contribution >= 4 is 50.2 Å². The monoisotopic (exact) mass is 384 g/mol. The zero-order chi connectivity index (χ0) is 15.0. The van der Waals surface area contributed by atoms with Crippen LogP contribution < -0.4 is 4.74 Å². The highest BCUT2D eigenvalue weighted by Crippen LogP contribution is 2.31. The van der Waals surface area contributed by atoms with E-state index in [1.54, 1.807) is 7.11 Å². The van der Waals surface area contributed by atoms with E-state index in [0.717, 1.165) is 32.8 Å². The Bertz CT molecular complexity index is 817. The minimum absolute atomic E-state index is 0.292. The average molecular weight is 386 g/mol. The molecule has 0 bridgehead atoms. The molecule has 0 saturated heterocycles. The summed E-state index contributed by atoms with van der Waals surface area (Å²) in [6.07, 6.45) is 0. The van der Waals surface area contributed by atoms with Crippen molar-refractivity contribution in [1.29, 1.82) is 0 Å². The fourth-order valence-electron chi connectivity index (χ4n) is 2.25. The van der Waals surface area contributed by atoms with Gasteiger partial charge in [-0.2, -0.15) is 0 Å². The number of hydrogen-bond acceptors (Lipinski definition) is 2. The summed E-state index contributed by atoms with van der Waals surface area (Å²) >= 11 is 15.9. The molecule has 1 aromatic heterocycles. The van der Waals surface area contributed by atoms with Crippen LogP contribution in [0.25, 0.3) is 16.7 Å². The number of benzene rings is 2. The number of ether oxygens (including phenoxy) is 1. The summed E-state index contributed by atoms with van der Waals surface area (Å²) in [5, 5.41) is 0.639. The van der Waals surface area contributed by atoms with Crippen LogP contribution in [0.3, 0.4) is 0 Å². The Morgan fingerprint density at radius 2 is 2.05 bits per heavy atom. The Morgan fingerprint density at radius 1 is 1.24 bits per heavy atom. The second-order valence-corrected chi connectivity index (χ2v) is 6.04. The first-order valence-electron chi connectivity index (χ1n) is 6.21. The van der Waals surface area contributed by atoms with E-state index in [-0.39, 0.29) is 0 Å². The van der Waals surface area contributed by atoms with E-state index < -0.39 is 0 Å². The van der Waals surface area contributed by atoms with E-state index in [1.807, 2.05) is 41.0 Å². The maximum Gasteiger partial charge on any atom is 0.129 e. The maximum atomic E-state index is 6.34. The predicted octanol–water partition coefficient (Wildman–Crippen LogP) is 5.19. The molecule has 0 amide bonds. The summed E-state index contributed by atoms with van der Waals surface area (Å²) in [6.45, 7) is 0. The SMILES string of the molecule is COc1ccc2c(c1)nc(CCl)n2-c1cc(Br)ccc1Cl. The molecule has 3 rings (SSSR count). The van der Waals surface area contributed by atoms with Gasteiger partial charge in [0.05, 0.1) is 34.7 Å². The minimum Gasteiger partial charge on any atom is -0.497 e. The first-order valence-corrected chi connectivity index (χ1v) is 7.91. The van der Waals surface area contributed by atoms with Crippen molar-refractivity contribution in [2.75, 3.05) is 7.11 Å². The standard InChI is InChI=1S/C15H11BrCl2N2O/c1-21-10-3-5-13-12(7-10)19-15(8-17)20(13)14-6-9(16)2-4-11(14)18/h2-7H,8H2,1H3. The van der Waals surface area contributed by atoms with Crippen LogP contribution in [0.2, 0.25) is 5.02 Å². The van der Waals surface area contributed by atoms with Crippen molar-refractivity contribution in [3.8, 4) is 11.4 Å². The molecular weight excluding hydrogens is 375 g/mol. The van der Waals surface area contributed by atoms with E-state index in [4.69, 9.17) is 27.9 Å². The number of nitrogens with zero attached hydrogens (tertiary/aromatic N) is 2. The number of hydrogen-bond donors (Lipinski definition) is 0. The van der Waals surface area contributed by atoms with Gasteiger partial charge in [-0.05, 0) is 30.3 Å². The molecular formula is C15H11BrCl2N2O. The third kappa shape index (κ3) is 2.63. The van der Waals surface area contributed by atoms with Crippen molar-refractivity contribution in [3.63, 3.8) is 0 Å². The fourth-order valence-corrected chi connectivity index (χ4v) is 2.98. The Balaban J connectivity index is 2.32. The molecule has 0 radical (unpaired) electrons. The van der Waals surface area contributed by atoms with Gasteiger partial charge in [0.25, 0.3) is 0 Å². The first kappa shape index (κ1) is 14.7. The Hall–Kier alpha value is -1.23. The van der Waals surface area contributed by atoms with Crippen LogP contribution in [0, 0.1) is 0 Å². The quantitative estimate of drug-likeness (QED) is 0.580. The average Bonchev–Trinajstić information content (AvgIpc) is 2.87. The van der Waals surface area contributed by atoms with Gasteiger partial charge in [0.2, 0.25) is 0 Å². The molecule has 0 saturated carbocycles. The largest absolute Gasteiger partial charge is 0.497 e. The molecule has 0 spiro atoms. The van der Waals surface area contributed by atoms with Gasteiger partial charge in [-0.3, -0.25) is 4.57 Å². The van der Waals surface area contributed by atoms with Crippen LogP contribution in [0.15, 0.2) is 40.9 Å². The Labute approximate surface area is 140 Å². The third-order valence-corrected chi connectivity index (χ3v) is 4.25. The highest BCUT2D eigenvalue weighted by molar-refractivity contribution is 9.10. The molecule has 0 aliphatic carbocycles. The van der Waals surface area contributed by atoms with Crippen molar-refractivity contribution < 1.29 is 4.74 Å². The fraction of sp³-hybridized carbons (Fsp3) is 0.133. The number of fused-ring (bicyclic) bond motifs is 1. The smallest absolute Gasteiger partial charge is 0.129 e. The molecule has 3 nitrogen and oxygen atoms in total. The molecule has 0 aliphatic rings. The van der Waals surface area contributed by atoms with Crippen LogP contribution in [-0.2, 0) is 5.88 Å².